The average Bonchev–Trinajstić information content (AvgIpc) is 2.24. The fraction of sp³-hybridized carbons (Fsp3) is 0.875. The van der Waals surface area contributed by atoms with Crippen molar-refractivity contribution in [3.05, 3.63) is 12.2 Å². The summed E-state index contributed by atoms with van der Waals surface area (Å²) in [5.41, 5.74) is 3.05. The van der Waals surface area contributed by atoms with Crippen LogP contribution in [-0.2, 0) is 0 Å². The van der Waals surface area contributed by atoms with Gasteiger partial charge in [0, 0.05) is 0 Å². The predicted octanol–water partition coefficient (Wildman–Crippen LogP) is 4.81. The van der Waals surface area contributed by atoms with Crippen molar-refractivity contribution in [2.24, 2.45) is 28.1 Å². The summed E-state index contributed by atoms with van der Waals surface area (Å²) in [5, 5.41) is 0. The first kappa shape index (κ1) is 10.9. The normalized spacial score (nSPS) is 60.1. The molecule has 0 saturated heterocycles. The number of allylic oxidation sites excluding steroid dienone is 1. The molecule has 5 atom stereocenters. The van der Waals surface area contributed by atoms with Gasteiger partial charge >= 0.3 is 0 Å². The highest BCUT2D eigenvalue weighted by molar-refractivity contribution is 5.32. The van der Waals surface area contributed by atoms with E-state index >= 15 is 0 Å². The lowest BCUT2D eigenvalue weighted by atomic mass is 9.34. The van der Waals surface area contributed by atoms with E-state index < -0.39 is 0 Å². The molecule has 4 aliphatic rings. The van der Waals surface area contributed by atoms with Crippen molar-refractivity contribution in [2.45, 2.75) is 59.8 Å². The zero-order chi connectivity index (χ0) is 11.8. The van der Waals surface area contributed by atoms with Crippen molar-refractivity contribution in [1.29, 1.82) is 0 Å². The molecular weight excluding hydrogens is 192 g/mol. The third-order valence-corrected chi connectivity index (χ3v) is 7.13. The summed E-state index contributed by atoms with van der Waals surface area (Å²) in [5.74, 6) is 1.89. The Labute approximate surface area is 101 Å². The molecule has 4 fully saturated rings. The zero-order valence-electron chi connectivity index (χ0n) is 11.4. The Balaban J connectivity index is 2.16. The van der Waals surface area contributed by atoms with Gasteiger partial charge in [0.05, 0.1) is 0 Å². The van der Waals surface area contributed by atoms with E-state index in [1.165, 1.54) is 32.1 Å². The summed E-state index contributed by atoms with van der Waals surface area (Å²) in [6.45, 7) is 14.6. The first-order valence-electron chi connectivity index (χ1n) is 7.03. The van der Waals surface area contributed by atoms with Gasteiger partial charge in [-0.3, -0.25) is 0 Å². The number of rotatable bonds is 0. The molecule has 4 aliphatic carbocycles. The van der Waals surface area contributed by atoms with Crippen LogP contribution in [0.1, 0.15) is 59.8 Å². The topological polar surface area (TPSA) is 0 Å². The van der Waals surface area contributed by atoms with Gasteiger partial charge in [0.25, 0.3) is 0 Å². The molecular formula is C16H26. The maximum absolute atomic E-state index is 4.53. The predicted molar refractivity (Wildman–Crippen MR) is 69.2 cm³/mol. The van der Waals surface area contributed by atoms with Gasteiger partial charge in [-0.05, 0) is 60.2 Å². The third-order valence-electron chi connectivity index (χ3n) is 7.13. The van der Waals surface area contributed by atoms with E-state index in [0.717, 1.165) is 11.8 Å². The lowest BCUT2D eigenvalue weighted by molar-refractivity contribution is -0.149. The third kappa shape index (κ3) is 0.939. The molecule has 0 aromatic heterocycles. The number of hydrogen-bond acceptors (Lipinski definition) is 0. The van der Waals surface area contributed by atoms with Crippen molar-refractivity contribution in [3.63, 3.8) is 0 Å². The largest absolute Gasteiger partial charge is 0.0987 e. The minimum absolute atomic E-state index is 0.440. The molecule has 0 N–H and O–H groups in total. The molecule has 4 rings (SSSR count). The Kier molecular flexibility index (Phi) is 1.88. The van der Waals surface area contributed by atoms with Crippen molar-refractivity contribution in [3.8, 4) is 0 Å². The lowest BCUT2D eigenvalue weighted by Gasteiger charge is -2.70. The van der Waals surface area contributed by atoms with Crippen LogP contribution in [0, 0.1) is 28.1 Å². The Bertz CT molecular complexity index is 355. The van der Waals surface area contributed by atoms with Crippen molar-refractivity contribution in [2.75, 3.05) is 0 Å². The van der Waals surface area contributed by atoms with Gasteiger partial charge in [-0.15, -0.1) is 0 Å². The van der Waals surface area contributed by atoms with Crippen LogP contribution in [-0.4, -0.2) is 0 Å². The number of fused-ring (bicyclic) bond motifs is 1. The van der Waals surface area contributed by atoms with E-state index in [1.807, 2.05) is 0 Å². The summed E-state index contributed by atoms with van der Waals surface area (Å²) >= 11 is 0. The second kappa shape index (κ2) is 2.76. The fourth-order valence-corrected chi connectivity index (χ4v) is 5.49. The van der Waals surface area contributed by atoms with Crippen LogP contribution in [0.5, 0.6) is 0 Å². The molecule has 0 radical (unpaired) electrons. The molecule has 4 saturated carbocycles. The highest BCUT2D eigenvalue weighted by Crippen LogP contribution is 2.74. The molecule has 0 amide bonds. The van der Waals surface area contributed by atoms with Gasteiger partial charge < -0.3 is 0 Å². The van der Waals surface area contributed by atoms with Crippen LogP contribution in [0.2, 0.25) is 0 Å². The van der Waals surface area contributed by atoms with Gasteiger partial charge in [-0.2, -0.15) is 0 Å². The Morgan fingerprint density at radius 1 is 1.12 bits per heavy atom. The molecule has 0 heterocycles. The lowest BCUT2D eigenvalue weighted by Crippen LogP contribution is -2.61. The summed E-state index contributed by atoms with van der Waals surface area (Å²) < 4.78 is 0. The minimum Gasteiger partial charge on any atom is -0.0987 e. The van der Waals surface area contributed by atoms with Crippen LogP contribution in [0.3, 0.4) is 0 Å². The smallest absolute Gasteiger partial charge is 0.00570 e. The van der Waals surface area contributed by atoms with E-state index in [1.54, 1.807) is 5.57 Å². The maximum Gasteiger partial charge on any atom is -0.00570 e. The Morgan fingerprint density at radius 2 is 1.81 bits per heavy atom. The quantitative estimate of drug-likeness (QED) is 0.512. The van der Waals surface area contributed by atoms with Crippen LogP contribution < -0.4 is 0 Å². The van der Waals surface area contributed by atoms with Crippen molar-refractivity contribution >= 4 is 0 Å². The monoisotopic (exact) mass is 218 g/mol. The fourth-order valence-electron chi connectivity index (χ4n) is 5.49. The summed E-state index contributed by atoms with van der Waals surface area (Å²) in [4.78, 5) is 0. The molecule has 90 valence electrons. The minimum atomic E-state index is 0.440. The van der Waals surface area contributed by atoms with Crippen molar-refractivity contribution in [1.82, 2.24) is 0 Å². The van der Waals surface area contributed by atoms with Crippen LogP contribution in [0.25, 0.3) is 0 Å². The zero-order valence-corrected chi connectivity index (χ0v) is 11.4. The van der Waals surface area contributed by atoms with Gasteiger partial charge in [-0.25, -0.2) is 0 Å². The molecule has 4 bridgehead atoms. The Hall–Kier alpha value is -0.260. The first-order valence-corrected chi connectivity index (χ1v) is 7.03. The van der Waals surface area contributed by atoms with Crippen molar-refractivity contribution < 1.29 is 0 Å². The molecule has 0 heteroatoms. The standard InChI is InChI=1S/C16H26/c1-11-6-7-15(4)12(2)14(3)8-9-16(15,5)13(11)10-14/h11,13H,2,6-10H2,1,3-5H3/t11-,13?,14?,15?,16?/m1/s1. The second-order valence-corrected chi connectivity index (χ2v) is 7.62. The van der Waals surface area contributed by atoms with Crippen LogP contribution >= 0.6 is 0 Å². The summed E-state index contributed by atoms with van der Waals surface area (Å²) in [6.07, 6.45) is 7.05. The van der Waals surface area contributed by atoms with Gasteiger partial charge in [0.2, 0.25) is 0 Å². The highest BCUT2D eigenvalue weighted by atomic mass is 14.7. The Morgan fingerprint density at radius 3 is 2.50 bits per heavy atom. The van der Waals surface area contributed by atoms with E-state index in [-0.39, 0.29) is 0 Å². The molecule has 4 unspecified atom stereocenters. The van der Waals surface area contributed by atoms with Crippen LogP contribution in [0.15, 0.2) is 12.2 Å². The molecule has 0 aromatic rings. The van der Waals surface area contributed by atoms with Gasteiger partial charge in [0.15, 0.2) is 0 Å². The van der Waals surface area contributed by atoms with Crippen LogP contribution in [0.4, 0.5) is 0 Å². The van der Waals surface area contributed by atoms with E-state index in [9.17, 15) is 0 Å². The van der Waals surface area contributed by atoms with Gasteiger partial charge in [-0.1, -0.05) is 39.8 Å². The second-order valence-electron chi connectivity index (χ2n) is 7.62. The molecule has 0 aliphatic heterocycles. The summed E-state index contributed by atoms with van der Waals surface area (Å²) in [6, 6.07) is 0. The number of hydrogen-bond donors (Lipinski definition) is 0. The van der Waals surface area contributed by atoms with E-state index in [0.29, 0.717) is 16.2 Å². The van der Waals surface area contributed by atoms with Gasteiger partial charge in [0.1, 0.15) is 0 Å². The summed E-state index contributed by atoms with van der Waals surface area (Å²) in [7, 11) is 0. The molecule has 0 aromatic carbocycles. The molecule has 0 nitrogen and oxygen atoms in total. The molecule has 0 spiro atoms. The van der Waals surface area contributed by atoms with E-state index in [4.69, 9.17) is 0 Å². The average molecular weight is 218 g/mol. The highest BCUT2D eigenvalue weighted by Gasteiger charge is 2.65. The van der Waals surface area contributed by atoms with E-state index in [2.05, 4.69) is 34.3 Å². The SMILES string of the molecule is C=C1C2(C)CCC3(C)C(C2)[C@H](C)CCC13C. The maximum atomic E-state index is 4.53. The molecule has 16 heavy (non-hydrogen) atoms. The first-order chi connectivity index (χ1) is 7.33.